The first-order chi connectivity index (χ1) is 9.97. The van der Waals surface area contributed by atoms with E-state index in [2.05, 4.69) is 61.1 Å². The molecule has 0 atom stereocenters. The van der Waals surface area contributed by atoms with Crippen molar-refractivity contribution < 1.29 is 4.42 Å². The zero-order chi connectivity index (χ0) is 15.1. The van der Waals surface area contributed by atoms with Gasteiger partial charge in [-0.05, 0) is 42.4 Å². The normalized spacial score (nSPS) is 15.6. The lowest BCUT2D eigenvalue weighted by Crippen LogP contribution is -2.22. The molecule has 0 radical (unpaired) electrons. The number of hydrogen-bond donors (Lipinski definition) is 1. The Bertz CT molecular complexity index is 653. The zero-order valence-electron chi connectivity index (χ0n) is 13.3. The van der Waals surface area contributed by atoms with Crippen LogP contribution in [-0.4, -0.2) is 6.04 Å². The zero-order valence-corrected chi connectivity index (χ0v) is 14.9. The molecule has 1 fully saturated rings. The van der Waals surface area contributed by atoms with Gasteiger partial charge in [-0.3, -0.25) is 0 Å². The third-order valence-corrected chi connectivity index (χ3v) is 4.63. The second kappa shape index (κ2) is 5.77. The summed E-state index contributed by atoms with van der Waals surface area (Å²) in [5.74, 6) is 2.31. The molecule has 1 aliphatic rings. The highest BCUT2D eigenvalue weighted by Crippen LogP contribution is 2.47. The lowest BCUT2D eigenvalue weighted by Gasteiger charge is -2.07. The minimum Gasteiger partial charge on any atom is -0.459 e. The van der Waals surface area contributed by atoms with Crippen LogP contribution >= 0.6 is 15.9 Å². The fourth-order valence-electron chi connectivity index (χ4n) is 2.93. The molecule has 3 rings (SSSR count). The van der Waals surface area contributed by atoms with E-state index in [1.54, 1.807) is 0 Å². The summed E-state index contributed by atoms with van der Waals surface area (Å²) < 4.78 is 7.47. The minimum absolute atomic E-state index is 0.467. The molecule has 2 nitrogen and oxygen atoms in total. The van der Waals surface area contributed by atoms with E-state index in [0.717, 1.165) is 22.4 Å². The van der Waals surface area contributed by atoms with E-state index >= 15 is 0 Å². The molecule has 2 aromatic rings. The van der Waals surface area contributed by atoms with E-state index in [1.165, 1.54) is 29.4 Å². The van der Waals surface area contributed by atoms with Gasteiger partial charge in [-0.15, -0.1) is 0 Å². The average molecular weight is 350 g/mol. The Hall–Kier alpha value is -0.800. The third kappa shape index (κ3) is 3.04. The van der Waals surface area contributed by atoms with Crippen LogP contribution in [0.1, 0.15) is 69.3 Å². The smallest absolute Gasteiger partial charge is 0.138 e. The number of halogens is 1. The number of fused-ring (bicyclic) bond motifs is 1. The molecule has 1 aromatic heterocycles. The SMILES string of the molecule is CC(C)NCc1oc2c(C(C)C)cc(Br)cc2c1C1CC1. The van der Waals surface area contributed by atoms with E-state index in [-0.39, 0.29) is 0 Å². The summed E-state index contributed by atoms with van der Waals surface area (Å²) >= 11 is 3.67. The van der Waals surface area contributed by atoms with E-state index in [4.69, 9.17) is 4.42 Å². The quantitative estimate of drug-likeness (QED) is 0.749. The van der Waals surface area contributed by atoms with Crippen LogP contribution < -0.4 is 5.32 Å². The van der Waals surface area contributed by atoms with Crippen molar-refractivity contribution in [2.45, 2.75) is 65.0 Å². The van der Waals surface area contributed by atoms with Gasteiger partial charge in [-0.2, -0.15) is 0 Å². The Morgan fingerprint density at radius 1 is 1.24 bits per heavy atom. The molecule has 1 aromatic carbocycles. The average Bonchev–Trinajstić information content (AvgIpc) is 3.17. The number of furan rings is 1. The molecule has 0 amide bonds. The first-order valence-corrected chi connectivity index (χ1v) is 8.74. The standard InChI is InChI=1S/C18H24BrNO/c1-10(2)14-7-13(19)8-15-17(12-5-6-12)16(21-18(14)15)9-20-11(3)4/h7-8,10-12,20H,5-6,9H2,1-4H3. The van der Waals surface area contributed by atoms with Gasteiger partial charge < -0.3 is 9.73 Å². The van der Waals surface area contributed by atoms with Crippen LogP contribution in [0.3, 0.4) is 0 Å². The fourth-order valence-corrected chi connectivity index (χ4v) is 3.41. The highest BCUT2D eigenvalue weighted by molar-refractivity contribution is 9.10. The molecule has 0 saturated heterocycles. The van der Waals surface area contributed by atoms with Crippen LogP contribution in [0.25, 0.3) is 11.0 Å². The predicted octanol–water partition coefficient (Wildman–Crippen LogP) is 5.69. The summed E-state index contributed by atoms with van der Waals surface area (Å²) in [6.07, 6.45) is 2.60. The fraction of sp³-hybridized carbons (Fsp3) is 0.556. The molecule has 0 bridgehead atoms. The maximum atomic E-state index is 6.32. The molecule has 0 aliphatic heterocycles. The lowest BCUT2D eigenvalue weighted by molar-refractivity contribution is 0.481. The molecule has 1 heterocycles. The van der Waals surface area contributed by atoms with E-state index < -0.39 is 0 Å². The number of rotatable bonds is 5. The van der Waals surface area contributed by atoms with Crippen molar-refractivity contribution in [1.29, 1.82) is 0 Å². The molecule has 1 aliphatic carbocycles. The van der Waals surface area contributed by atoms with Crippen molar-refractivity contribution in [1.82, 2.24) is 5.32 Å². The molecule has 3 heteroatoms. The summed E-state index contributed by atoms with van der Waals surface area (Å²) in [6.45, 7) is 9.64. The van der Waals surface area contributed by atoms with Crippen molar-refractivity contribution in [3.05, 3.63) is 33.5 Å². The van der Waals surface area contributed by atoms with Crippen LogP contribution in [0.4, 0.5) is 0 Å². The van der Waals surface area contributed by atoms with Gasteiger partial charge in [0.05, 0.1) is 6.54 Å². The van der Waals surface area contributed by atoms with Crippen molar-refractivity contribution in [2.24, 2.45) is 0 Å². The van der Waals surface area contributed by atoms with Gasteiger partial charge in [0.1, 0.15) is 11.3 Å². The van der Waals surface area contributed by atoms with Gasteiger partial charge in [0.25, 0.3) is 0 Å². The maximum Gasteiger partial charge on any atom is 0.138 e. The number of hydrogen-bond acceptors (Lipinski definition) is 2. The maximum absolute atomic E-state index is 6.32. The van der Waals surface area contributed by atoms with Crippen LogP contribution in [0.15, 0.2) is 21.0 Å². The van der Waals surface area contributed by atoms with Crippen LogP contribution in [0, 0.1) is 0 Å². The van der Waals surface area contributed by atoms with Crippen molar-refractivity contribution in [3.8, 4) is 0 Å². The second-order valence-corrected chi connectivity index (χ2v) is 7.69. The first-order valence-electron chi connectivity index (χ1n) is 7.95. The molecule has 21 heavy (non-hydrogen) atoms. The Balaban J connectivity index is 2.14. The van der Waals surface area contributed by atoms with Gasteiger partial charge in [0.15, 0.2) is 0 Å². The van der Waals surface area contributed by atoms with Crippen molar-refractivity contribution in [2.75, 3.05) is 0 Å². The Kier molecular flexibility index (Phi) is 4.15. The van der Waals surface area contributed by atoms with Crippen LogP contribution in [0.2, 0.25) is 0 Å². The second-order valence-electron chi connectivity index (χ2n) is 6.78. The molecule has 1 N–H and O–H groups in total. The largest absolute Gasteiger partial charge is 0.459 e. The van der Waals surface area contributed by atoms with Gasteiger partial charge in [0.2, 0.25) is 0 Å². The lowest BCUT2D eigenvalue weighted by atomic mass is 9.98. The van der Waals surface area contributed by atoms with Gasteiger partial charge in [-0.25, -0.2) is 0 Å². The van der Waals surface area contributed by atoms with Gasteiger partial charge >= 0.3 is 0 Å². The highest BCUT2D eigenvalue weighted by Gasteiger charge is 2.31. The number of nitrogens with one attached hydrogen (secondary N) is 1. The number of benzene rings is 1. The summed E-state index contributed by atoms with van der Waals surface area (Å²) in [4.78, 5) is 0. The predicted molar refractivity (Wildman–Crippen MR) is 92.0 cm³/mol. The summed E-state index contributed by atoms with van der Waals surface area (Å²) in [7, 11) is 0. The molecular formula is C18H24BrNO. The highest BCUT2D eigenvalue weighted by atomic mass is 79.9. The third-order valence-electron chi connectivity index (χ3n) is 4.18. The van der Waals surface area contributed by atoms with Crippen molar-refractivity contribution >= 4 is 26.9 Å². The summed E-state index contributed by atoms with van der Waals surface area (Å²) in [5.41, 5.74) is 3.84. The Morgan fingerprint density at radius 2 is 1.95 bits per heavy atom. The van der Waals surface area contributed by atoms with Crippen molar-refractivity contribution in [3.63, 3.8) is 0 Å². The van der Waals surface area contributed by atoms with Gasteiger partial charge in [-0.1, -0.05) is 43.6 Å². The molecular weight excluding hydrogens is 326 g/mol. The summed E-state index contributed by atoms with van der Waals surface area (Å²) in [5, 5.41) is 4.82. The van der Waals surface area contributed by atoms with E-state index in [1.807, 2.05) is 0 Å². The van der Waals surface area contributed by atoms with E-state index in [9.17, 15) is 0 Å². The topological polar surface area (TPSA) is 25.2 Å². The monoisotopic (exact) mass is 349 g/mol. The first kappa shape index (κ1) is 15.1. The molecule has 1 saturated carbocycles. The Morgan fingerprint density at radius 3 is 2.52 bits per heavy atom. The Labute approximate surface area is 135 Å². The summed E-state index contributed by atoms with van der Waals surface area (Å²) in [6, 6.07) is 4.91. The molecule has 0 unspecified atom stereocenters. The van der Waals surface area contributed by atoms with Crippen LogP contribution in [-0.2, 0) is 6.54 Å². The van der Waals surface area contributed by atoms with E-state index in [0.29, 0.717) is 17.9 Å². The molecule has 0 spiro atoms. The minimum atomic E-state index is 0.467. The molecule has 114 valence electrons. The van der Waals surface area contributed by atoms with Gasteiger partial charge in [0, 0.05) is 21.5 Å². The van der Waals surface area contributed by atoms with Crippen LogP contribution in [0.5, 0.6) is 0 Å².